The van der Waals surface area contributed by atoms with Gasteiger partial charge in [0.05, 0.1) is 17.0 Å². The van der Waals surface area contributed by atoms with E-state index in [2.05, 4.69) is 0 Å². The Balaban J connectivity index is 2.02. The highest BCUT2D eigenvalue weighted by molar-refractivity contribution is 5.84. The van der Waals surface area contributed by atoms with Gasteiger partial charge in [0, 0.05) is 12.1 Å². The molecular formula is C12H9F3N2O3. The summed E-state index contributed by atoms with van der Waals surface area (Å²) in [5.74, 6) is -1.87. The monoisotopic (exact) mass is 286 g/mol. The Kier molecular flexibility index (Phi) is 2.54. The summed E-state index contributed by atoms with van der Waals surface area (Å²) < 4.78 is 37.8. The molecule has 2 heterocycles. The van der Waals surface area contributed by atoms with Gasteiger partial charge in [-0.1, -0.05) is 0 Å². The largest absolute Gasteiger partial charge is 0.471 e. The molecule has 106 valence electrons. The second kappa shape index (κ2) is 3.94. The summed E-state index contributed by atoms with van der Waals surface area (Å²) in [5.41, 5.74) is 0.883. The summed E-state index contributed by atoms with van der Waals surface area (Å²) in [4.78, 5) is 22.4. The van der Waals surface area contributed by atoms with Crippen LogP contribution < -0.4 is 0 Å². The van der Waals surface area contributed by atoms with E-state index >= 15 is 0 Å². The van der Waals surface area contributed by atoms with E-state index in [9.17, 15) is 28.1 Å². The van der Waals surface area contributed by atoms with Crippen molar-refractivity contribution in [2.45, 2.75) is 31.1 Å². The van der Waals surface area contributed by atoms with Crippen LogP contribution in [0.5, 0.6) is 0 Å². The van der Waals surface area contributed by atoms with Gasteiger partial charge in [-0.3, -0.25) is 14.9 Å². The molecule has 2 atom stereocenters. The molecule has 20 heavy (non-hydrogen) atoms. The Morgan fingerprint density at radius 2 is 1.85 bits per heavy atom. The fraction of sp³-hybridized carbons (Fsp3) is 0.417. The van der Waals surface area contributed by atoms with Crippen LogP contribution in [0.25, 0.3) is 0 Å². The summed E-state index contributed by atoms with van der Waals surface area (Å²) >= 11 is 0. The van der Waals surface area contributed by atoms with Crippen molar-refractivity contribution < 1.29 is 22.9 Å². The summed E-state index contributed by atoms with van der Waals surface area (Å²) in [7, 11) is 0. The van der Waals surface area contributed by atoms with Gasteiger partial charge in [-0.2, -0.15) is 13.2 Å². The van der Waals surface area contributed by atoms with Crippen LogP contribution in [-0.4, -0.2) is 21.9 Å². The SMILES string of the molecule is O=C(N1C2CCC1c1cc([N+](=O)[O-])ccc12)C(F)(F)F. The first-order valence-corrected chi connectivity index (χ1v) is 5.98. The number of nitro benzene ring substituents is 1. The van der Waals surface area contributed by atoms with Crippen molar-refractivity contribution in [3.05, 3.63) is 39.4 Å². The predicted molar refractivity (Wildman–Crippen MR) is 60.7 cm³/mol. The number of amides is 1. The van der Waals surface area contributed by atoms with E-state index in [0.29, 0.717) is 24.0 Å². The number of benzene rings is 1. The highest BCUT2D eigenvalue weighted by Crippen LogP contribution is 2.54. The normalized spacial score (nSPS) is 23.9. The van der Waals surface area contributed by atoms with E-state index in [-0.39, 0.29) is 5.69 Å². The minimum Gasteiger partial charge on any atom is -0.321 e. The number of fused-ring (bicyclic) bond motifs is 5. The zero-order valence-corrected chi connectivity index (χ0v) is 10.1. The van der Waals surface area contributed by atoms with Crippen molar-refractivity contribution in [2.24, 2.45) is 0 Å². The van der Waals surface area contributed by atoms with Crippen molar-refractivity contribution in [2.75, 3.05) is 0 Å². The summed E-state index contributed by atoms with van der Waals surface area (Å²) in [6.45, 7) is 0. The maximum absolute atomic E-state index is 12.6. The Hall–Kier alpha value is -2.12. The van der Waals surface area contributed by atoms with E-state index < -0.39 is 29.1 Å². The van der Waals surface area contributed by atoms with E-state index in [1.165, 1.54) is 18.2 Å². The Labute approximate surface area is 111 Å². The van der Waals surface area contributed by atoms with Crippen LogP contribution in [0.1, 0.15) is 36.1 Å². The molecular weight excluding hydrogens is 277 g/mol. The summed E-state index contributed by atoms with van der Waals surface area (Å²) in [6.07, 6.45) is -4.06. The minimum absolute atomic E-state index is 0.171. The molecule has 2 unspecified atom stereocenters. The summed E-state index contributed by atoms with van der Waals surface area (Å²) in [5, 5.41) is 10.7. The number of hydrogen-bond acceptors (Lipinski definition) is 3. The number of halogens is 3. The third kappa shape index (κ3) is 1.67. The maximum atomic E-state index is 12.6. The molecule has 0 N–H and O–H groups in total. The van der Waals surface area contributed by atoms with Gasteiger partial charge in [0.1, 0.15) is 0 Å². The molecule has 5 nitrogen and oxygen atoms in total. The van der Waals surface area contributed by atoms with Gasteiger partial charge in [0.15, 0.2) is 0 Å². The van der Waals surface area contributed by atoms with Crippen molar-refractivity contribution in [1.29, 1.82) is 0 Å². The van der Waals surface area contributed by atoms with Gasteiger partial charge in [-0.15, -0.1) is 0 Å². The average molecular weight is 286 g/mol. The maximum Gasteiger partial charge on any atom is 0.471 e. The lowest BCUT2D eigenvalue weighted by atomic mass is 9.91. The molecule has 1 saturated heterocycles. The average Bonchev–Trinajstić information content (AvgIpc) is 2.92. The quantitative estimate of drug-likeness (QED) is 0.589. The van der Waals surface area contributed by atoms with Crippen molar-refractivity contribution >= 4 is 11.6 Å². The van der Waals surface area contributed by atoms with Crippen LogP contribution in [-0.2, 0) is 4.79 Å². The topological polar surface area (TPSA) is 63.5 Å². The fourth-order valence-electron chi connectivity index (χ4n) is 3.12. The number of carbonyl (C=O) groups excluding carboxylic acids is 1. The molecule has 1 aromatic rings. The molecule has 2 bridgehead atoms. The lowest BCUT2D eigenvalue weighted by Gasteiger charge is -2.23. The molecule has 2 aliphatic rings. The lowest BCUT2D eigenvalue weighted by molar-refractivity contribution is -0.384. The van der Waals surface area contributed by atoms with Crippen LogP contribution in [0.3, 0.4) is 0 Å². The number of carbonyl (C=O) groups is 1. The molecule has 2 aliphatic heterocycles. The third-order valence-electron chi connectivity index (χ3n) is 3.86. The summed E-state index contributed by atoms with van der Waals surface area (Å²) in [6, 6.07) is 2.66. The van der Waals surface area contributed by atoms with E-state index in [1.807, 2.05) is 0 Å². The molecule has 1 amide bonds. The van der Waals surface area contributed by atoms with Gasteiger partial charge in [-0.25, -0.2) is 0 Å². The van der Waals surface area contributed by atoms with E-state index in [4.69, 9.17) is 0 Å². The Morgan fingerprint density at radius 1 is 1.25 bits per heavy atom. The zero-order chi connectivity index (χ0) is 14.7. The van der Waals surface area contributed by atoms with Crippen LogP contribution in [0.15, 0.2) is 18.2 Å². The first-order valence-electron chi connectivity index (χ1n) is 5.98. The van der Waals surface area contributed by atoms with Crippen molar-refractivity contribution in [3.8, 4) is 0 Å². The van der Waals surface area contributed by atoms with E-state index in [0.717, 1.165) is 4.90 Å². The number of nitrogens with zero attached hydrogens (tertiary/aromatic N) is 2. The van der Waals surface area contributed by atoms with Crippen LogP contribution >= 0.6 is 0 Å². The Bertz CT molecular complexity index is 614. The third-order valence-corrected chi connectivity index (χ3v) is 3.86. The van der Waals surface area contributed by atoms with Gasteiger partial charge in [-0.05, 0) is 30.0 Å². The number of rotatable bonds is 1. The zero-order valence-electron chi connectivity index (χ0n) is 10.1. The highest BCUT2D eigenvalue weighted by Gasteiger charge is 2.54. The number of alkyl halides is 3. The van der Waals surface area contributed by atoms with Gasteiger partial charge >= 0.3 is 12.1 Å². The molecule has 1 aromatic carbocycles. The van der Waals surface area contributed by atoms with Gasteiger partial charge < -0.3 is 4.90 Å². The Morgan fingerprint density at radius 3 is 2.40 bits per heavy atom. The second-order valence-electron chi connectivity index (χ2n) is 4.89. The van der Waals surface area contributed by atoms with Crippen LogP contribution in [0.2, 0.25) is 0 Å². The molecule has 0 aliphatic carbocycles. The molecule has 0 radical (unpaired) electrons. The number of non-ortho nitro benzene ring substituents is 1. The standard InChI is InChI=1S/C12H9F3N2O3/c13-12(14,15)11(18)16-9-3-4-10(16)8-5-6(17(19)20)1-2-7(8)9/h1-2,5,9-10H,3-4H2. The molecule has 0 aromatic heterocycles. The number of hydrogen-bond donors (Lipinski definition) is 0. The number of nitro groups is 1. The second-order valence-corrected chi connectivity index (χ2v) is 4.89. The highest BCUT2D eigenvalue weighted by atomic mass is 19.4. The molecule has 0 saturated carbocycles. The van der Waals surface area contributed by atoms with Gasteiger partial charge in [0.2, 0.25) is 0 Å². The van der Waals surface area contributed by atoms with E-state index in [1.54, 1.807) is 0 Å². The first-order chi connectivity index (χ1) is 9.30. The smallest absolute Gasteiger partial charge is 0.321 e. The molecule has 1 fully saturated rings. The van der Waals surface area contributed by atoms with Crippen molar-refractivity contribution in [3.63, 3.8) is 0 Å². The fourth-order valence-corrected chi connectivity index (χ4v) is 3.12. The van der Waals surface area contributed by atoms with Crippen molar-refractivity contribution in [1.82, 2.24) is 4.90 Å². The molecule has 8 heteroatoms. The predicted octanol–water partition coefficient (Wildman–Crippen LogP) is 2.88. The van der Waals surface area contributed by atoms with Crippen LogP contribution in [0, 0.1) is 10.1 Å². The first kappa shape index (κ1) is 12.9. The molecule has 0 spiro atoms. The lowest BCUT2D eigenvalue weighted by Crippen LogP contribution is -2.39. The van der Waals surface area contributed by atoms with Crippen LogP contribution in [0.4, 0.5) is 18.9 Å². The minimum atomic E-state index is -4.92. The molecule has 3 rings (SSSR count). The van der Waals surface area contributed by atoms with Gasteiger partial charge in [0.25, 0.3) is 5.69 Å².